The second kappa shape index (κ2) is 5.93. The average molecular weight is 295 g/mol. The summed E-state index contributed by atoms with van der Waals surface area (Å²) < 4.78 is 8.46. The third-order valence-corrected chi connectivity index (χ3v) is 2.74. The summed E-state index contributed by atoms with van der Waals surface area (Å²) in [7, 11) is 1.44. The fourth-order valence-corrected chi connectivity index (χ4v) is 1.73. The molecule has 2 amide bonds. The summed E-state index contributed by atoms with van der Waals surface area (Å²) in [6, 6.07) is 3.57. The van der Waals surface area contributed by atoms with Crippen molar-refractivity contribution in [1.82, 2.24) is 14.8 Å². The van der Waals surface area contributed by atoms with Crippen molar-refractivity contribution in [1.29, 1.82) is 0 Å². The lowest BCUT2D eigenvalue weighted by molar-refractivity contribution is 0.0698. The van der Waals surface area contributed by atoms with Crippen LogP contribution in [0.1, 0.15) is 10.4 Å². The fraction of sp³-hybridized carbons (Fsp3) is 0.100. The van der Waals surface area contributed by atoms with E-state index in [1.54, 1.807) is 0 Å². The molecule has 1 heterocycles. The number of urea groups is 1. The first-order valence-electron chi connectivity index (χ1n) is 5.24. The highest BCUT2D eigenvalue weighted by Crippen LogP contribution is 2.23. The number of ether oxygens (including phenoxy) is 1. The number of benzene rings is 1. The minimum absolute atomic E-state index is 0.0589. The summed E-state index contributed by atoms with van der Waals surface area (Å²) in [6.07, 6.45) is 0. The summed E-state index contributed by atoms with van der Waals surface area (Å²) in [5.74, 6) is -0.747. The number of anilines is 2. The van der Waals surface area contributed by atoms with Gasteiger partial charge in [-0.3, -0.25) is 5.32 Å². The van der Waals surface area contributed by atoms with Crippen LogP contribution in [-0.4, -0.2) is 39.0 Å². The zero-order chi connectivity index (χ0) is 14.5. The molecule has 20 heavy (non-hydrogen) atoms. The molecule has 3 N–H and O–H groups in total. The Morgan fingerprint density at radius 3 is 2.75 bits per heavy atom. The van der Waals surface area contributed by atoms with Crippen LogP contribution in [0.15, 0.2) is 18.2 Å². The highest BCUT2D eigenvalue weighted by Gasteiger charge is 2.14. The van der Waals surface area contributed by atoms with Crippen molar-refractivity contribution < 1.29 is 19.4 Å². The van der Waals surface area contributed by atoms with Crippen molar-refractivity contribution in [3.8, 4) is 5.75 Å². The van der Waals surface area contributed by atoms with Gasteiger partial charge in [-0.1, -0.05) is 9.59 Å². The van der Waals surface area contributed by atoms with Crippen LogP contribution in [0.5, 0.6) is 5.75 Å². The molecule has 10 heteroatoms. The van der Waals surface area contributed by atoms with Gasteiger partial charge >= 0.3 is 12.0 Å². The lowest BCUT2D eigenvalue weighted by atomic mass is 10.1. The number of nitrogens with zero attached hydrogens (tertiary/aromatic N) is 3. The molecule has 1 aromatic carbocycles. The second-order valence-electron chi connectivity index (χ2n) is 3.46. The Labute approximate surface area is 116 Å². The van der Waals surface area contributed by atoms with Gasteiger partial charge < -0.3 is 15.2 Å². The maximum absolute atomic E-state index is 11.7. The smallest absolute Gasteiger partial charge is 0.337 e. The number of carbonyl (C=O) groups excluding carboxylic acids is 1. The number of amides is 2. The lowest BCUT2D eigenvalue weighted by Gasteiger charge is -2.10. The predicted octanol–water partition coefficient (Wildman–Crippen LogP) is 1.28. The molecule has 0 aliphatic heterocycles. The molecule has 2 rings (SSSR count). The molecule has 0 radical (unpaired) electrons. The van der Waals surface area contributed by atoms with Gasteiger partial charge in [0.15, 0.2) is 0 Å². The van der Waals surface area contributed by atoms with Crippen molar-refractivity contribution in [2.24, 2.45) is 0 Å². The van der Waals surface area contributed by atoms with Crippen molar-refractivity contribution in [3.05, 3.63) is 23.8 Å². The highest BCUT2D eigenvalue weighted by molar-refractivity contribution is 7.09. The van der Waals surface area contributed by atoms with E-state index in [-0.39, 0.29) is 16.4 Å². The molecule has 0 aliphatic carbocycles. The molecule has 0 unspecified atom stereocenters. The first kappa shape index (κ1) is 13.7. The summed E-state index contributed by atoms with van der Waals surface area (Å²) in [5.41, 5.74) is 0.0446. The monoisotopic (exact) mass is 295 g/mol. The molecule has 0 aliphatic rings. The van der Waals surface area contributed by atoms with Crippen molar-refractivity contribution in [2.45, 2.75) is 0 Å². The summed E-state index contributed by atoms with van der Waals surface area (Å²) in [4.78, 5) is 22.8. The van der Waals surface area contributed by atoms with Crippen LogP contribution in [0.4, 0.5) is 15.6 Å². The Hall–Kier alpha value is -2.75. The van der Waals surface area contributed by atoms with Crippen LogP contribution in [0.25, 0.3) is 0 Å². The summed E-state index contributed by atoms with van der Waals surface area (Å²) in [6.45, 7) is 0. The predicted molar refractivity (Wildman–Crippen MR) is 70.3 cm³/mol. The number of hydrogen-bond acceptors (Lipinski definition) is 7. The van der Waals surface area contributed by atoms with Gasteiger partial charge in [-0.05, 0) is 17.3 Å². The maximum Gasteiger partial charge on any atom is 0.337 e. The van der Waals surface area contributed by atoms with E-state index < -0.39 is 12.0 Å². The molecule has 0 spiro atoms. The number of carbonyl (C=O) groups is 2. The van der Waals surface area contributed by atoms with Crippen molar-refractivity contribution in [2.75, 3.05) is 17.7 Å². The summed E-state index contributed by atoms with van der Waals surface area (Å²) >= 11 is 0.895. The second-order valence-corrected chi connectivity index (χ2v) is 4.20. The Kier molecular flexibility index (Phi) is 4.05. The molecular weight excluding hydrogens is 286 g/mol. The molecule has 0 bridgehead atoms. The van der Waals surface area contributed by atoms with E-state index in [0.717, 1.165) is 11.5 Å². The van der Waals surface area contributed by atoms with Crippen LogP contribution in [0.2, 0.25) is 0 Å². The van der Waals surface area contributed by atoms with Crippen LogP contribution in [-0.2, 0) is 0 Å². The first-order chi connectivity index (χ1) is 9.60. The normalized spacial score (nSPS) is 9.85. The van der Waals surface area contributed by atoms with E-state index in [0.29, 0.717) is 5.75 Å². The highest BCUT2D eigenvalue weighted by atomic mass is 32.1. The van der Waals surface area contributed by atoms with Gasteiger partial charge in [0.2, 0.25) is 5.13 Å². The first-order valence-corrected chi connectivity index (χ1v) is 6.02. The maximum atomic E-state index is 11.7. The third-order valence-electron chi connectivity index (χ3n) is 2.23. The zero-order valence-electron chi connectivity index (χ0n) is 10.2. The Balaban J connectivity index is 2.18. The number of rotatable bonds is 4. The molecule has 104 valence electrons. The van der Waals surface area contributed by atoms with E-state index >= 15 is 0 Å². The van der Waals surface area contributed by atoms with Gasteiger partial charge in [-0.2, -0.15) is 0 Å². The topological polar surface area (TPSA) is 126 Å². The van der Waals surface area contributed by atoms with Gasteiger partial charge in [0.1, 0.15) is 5.75 Å². The zero-order valence-corrected chi connectivity index (χ0v) is 11.0. The number of aromatic nitrogens is 3. The molecule has 0 atom stereocenters. The summed E-state index contributed by atoms with van der Waals surface area (Å²) in [5, 5.41) is 20.9. The van der Waals surface area contributed by atoms with Gasteiger partial charge in [0.25, 0.3) is 0 Å². The number of aromatic carboxylic acids is 1. The minimum Gasteiger partial charge on any atom is -0.497 e. The molecule has 0 saturated heterocycles. The Morgan fingerprint density at radius 2 is 2.15 bits per heavy atom. The van der Waals surface area contributed by atoms with Gasteiger partial charge in [0, 0.05) is 17.6 Å². The lowest BCUT2D eigenvalue weighted by Crippen LogP contribution is -2.21. The quantitative estimate of drug-likeness (QED) is 0.775. The van der Waals surface area contributed by atoms with E-state index in [1.807, 2.05) is 0 Å². The van der Waals surface area contributed by atoms with Crippen molar-refractivity contribution >= 4 is 34.4 Å². The van der Waals surface area contributed by atoms with Gasteiger partial charge in [-0.15, -0.1) is 0 Å². The minimum atomic E-state index is -1.17. The van der Waals surface area contributed by atoms with Crippen LogP contribution in [0.3, 0.4) is 0 Å². The number of methoxy groups -OCH3 is 1. The van der Waals surface area contributed by atoms with Crippen LogP contribution >= 0.6 is 11.5 Å². The average Bonchev–Trinajstić information content (AvgIpc) is 2.90. The van der Waals surface area contributed by atoms with Crippen LogP contribution < -0.4 is 15.4 Å². The Bertz CT molecular complexity index is 631. The largest absolute Gasteiger partial charge is 0.497 e. The molecule has 2 aromatic rings. The fourth-order valence-electron chi connectivity index (χ4n) is 1.37. The Morgan fingerprint density at radius 1 is 1.35 bits per heavy atom. The number of hydrogen-bond donors (Lipinski definition) is 3. The molecule has 1 aromatic heterocycles. The van der Waals surface area contributed by atoms with E-state index in [9.17, 15) is 9.59 Å². The van der Waals surface area contributed by atoms with Gasteiger partial charge in [-0.25, -0.2) is 9.59 Å². The number of nitrogens with one attached hydrogen (secondary N) is 2. The van der Waals surface area contributed by atoms with Crippen LogP contribution in [0, 0.1) is 0 Å². The molecule has 0 saturated carbocycles. The molecule has 0 fully saturated rings. The standard InChI is InChI=1S/C10H9N5O4S/c1-19-5-2-3-6(8(16)17)7(4-5)11-9(18)12-10-13-14-15-20-10/h2-4H,1H3,(H,16,17)(H2,11,12,13,15,18). The van der Waals surface area contributed by atoms with E-state index in [2.05, 4.69) is 25.4 Å². The number of carboxylic acids is 1. The third kappa shape index (κ3) is 3.17. The van der Waals surface area contributed by atoms with E-state index in [1.165, 1.54) is 25.3 Å². The van der Waals surface area contributed by atoms with Gasteiger partial charge in [0.05, 0.1) is 18.4 Å². The number of carboxylic acid groups (broad SMARTS) is 1. The molecular formula is C10H9N5O4S. The van der Waals surface area contributed by atoms with E-state index in [4.69, 9.17) is 9.84 Å². The SMILES string of the molecule is COc1ccc(C(=O)O)c(NC(=O)Nc2nnns2)c1. The molecule has 9 nitrogen and oxygen atoms in total. The van der Waals surface area contributed by atoms with Crippen molar-refractivity contribution in [3.63, 3.8) is 0 Å².